The van der Waals surface area contributed by atoms with Crippen LogP contribution < -0.4 is 5.73 Å². The number of rotatable bonds is 3. The van der Waals surface area contributed by atoms with Crippen molar-refractivity contribution >= 4 is 5.97 Å². The maximum absolute atomic E-state index is 10.3. The van der Waals surface area contributed by atoms with E-state index in [-0.39, 0.29) is 11.7 Å². The topological polar surface area (TPSA) is 89.3 Å². The number of hydrogen-bond acceptors (Lipinski definition) is 4. The van der Waals surface area contributed by atoms with Gasteiger partial charge in [-0.15, -0.1) is 0 Å². The molecule has 0 aliphatic carbocycles. The molecule has 0 aliphatic heterocycles. The van der Waals surface area contributed by atoms with E-state index < -0.39 is 5.97 Å². The normalized spacial score (nSPS) is 12.8. The predicted octanol–water partition coefficient (Wildman–Crippen LogP) is 0.262. The Morgan fingerprint density at radius 3 is 3.00 bits per heavy atom. The molecule has 0 saturated heterocycles. The summed E-state index contributed by atoms with van der Waals surface area (Å²) in [5.74, 6) is -0.725. The van der Waals surface area contributed by atoms with Crippen LogP contribution in [0.4, 0.5) is 0 Å². The predicted molar refractivity (Wildman–Crippen MR) is 40.8 cm³/mol. The third-order valence-corrected chi connectivity index (χ3v) is 1.27. The highest BCUT2D eigenvalue weighted by Gasteiger charge is 2.10. The van der Waals surface area contributed by atoms with Crippen LogP contribution in [-0.2, 0) is 6.42 Å². The summed E-state index contributed by atoms with van der Waals surface area (Å²) >= 11 is 0. The lowest BCUT2D eigenvalue weighted by molar-refractivity contribution is 0.0690. The van der Waals surface area contributed by atoms with E-state index in [1.807, 2.05) is 0 Å². The number of carboxylic acids is 1. The van der Waals surface area contributed by atoms with Crippen LogP contribution in [0.3, 0.4) is 0 Å². The van der Waals surface area contributed by atoms with Crippen molar-refractivity contribution in [2.75, 3.05) is 0 Å². The molecule has 12 heavy (non-hydrogen) atoms. The molecule has 0 spiro atoms. The maximum Gasteiger partial charge on any atom is 0.357 e. The Balaban J connectivity index is 2.71. The molecule has 1 heterocycles. The first kappa shape index (κ1) is 8.73. The highest BCUT2D eigenvalue weighted by Crippen LogP contribution is 2.03. The van der Waals surface area contributed by atoms with Gasteiger partial charge in [0.1, 0.15) is 6.26 Å². The molecule has 0 saturated carbocycles. The molecular formula is C7H10N2O3. The number of aromatic carboxylic acids is 1. The van der Waals surface area contributed by atoms with Crippen molar-refractivity contribution < 1.29 is 14.3 Å². The van der Waals surface area contributed by atoms with E-state index in [2.05, 4.69) is 4.98 Å². The van der Waals surface area contributed by atoms with Gasteiger partial charge in [-0.25, -0.2) is 9.78 Å². The molecule has 1 rings (SSSR count). The number of hydrogen-bond donors (Lipinski definition) is 2. The van der Waals surface area contributed by atoms with Gasteiger partial charge in [-0.1, -0.05) is 0 Å². The Bertz CT molecular complexity index is 280. The van der Waals surface area contributed by atoms with Gasteiger partial charge in [-0.05, 0) is 6.92 Å². The lowest BCUT2D eigenvalue weighted by Crippen LogP contribution is -2.18. The Morgan fingerprint density at radius 1 is 1.92 bits per heavy atom. The van der Waals surface area contributed by atoms with Crippen LogP contribution in [0.1, 0.15) is 23.3 Å². The summed E-state index contributed by atoms with van der Waals surface area (Å²) in [7, 11) is 0. The molecule has 0 aliphatic rings. The van der Waals surface area contributed by atoms with Gasteiger partial charge in [0.15, 0.2) is 11.6 Å². The Morgan fingerprint density at radius 2 is 2.58 bits per heavy atom. The molecule has 1 aromatic heterocycles. The fourth-order valence-electron chi connectivity index (χ4n) is 0.778. The van der Waals surface area contributed by atoms with Crippen molar-refractivity contribution in [3.63, 3.8) is 0 Å². The molecule has 0 bridgehead atoms. The minimum Gasteiger partial charge on any atom is -0.476 e. The van der Waals surface area contributed by atoms with E-state index in [1.165, 1.54) is 0 Å². The summed E-state index contributed by atoms with van der Waals surface area (Å²) in [5.41, 5.74) is 5.38. The second kappa shape index (κ2) is 3.36. The summed E-state index contributed by atoms with van der Waals surface area (Å²) < 4.78 is 4.86. The van der Waals surface area contributed by atoms with Gasteiger partial charge in [0, 0.05) is 12.5 Å². The van der Waals surface area contributed by atoms with Gasteiger partial charge < -0.3 is 15.3 Å². The summed E-state index contributed by atoms with van der Waals surface area (Å²) in [4.78, 5) is 14.0. The molecule has 5 heteroatoms. The van der Waals surface area contributed by atoms with Gasteiger partial charge in [0.05, 0.1) is 0 Å². The summed E-state index contributed by atoms with van der Waals surface area (Å²) in [6.07, 6.45) is 1.56. The maximum atomic E-state index is 10.3. The second-order valence-electron chi connectivity index (χ2n) is 2.61. The van der Waals surface area contributed by atoms with Crippen LogP contribution in [-0.4, -0.2) is 22.1 Å². The molecule has 1 atom stereocenters. The lowest BCUT2D eigenvalue weighted by Gasteiger charge is -1.97. The second-order valence-corrected chi connectivity index (χ2v) is 2.61. The van der Waals surface area contributed by atoms with E-state index in [0.29, 0.717) is 12.3 Å². The van der Waals surface area contributed by atoms with Crippen LogP contribution in [0.25, 0.3) is 0 Å². The zero-order valence-corrected chi connectivity index (χ0v) is 6.65. The first-order valence-corrected chi connectivity index (χ1v) is 3.53. The van der Waals surface area contributed by atoms with E-state index in [4.69, 9.17) is 15.3 Å². The van der Waals surface area contributed by atoms with E-state index in [1.54, 1.807) is 6.92 Å². The van der Waals surface area contributed by atoms with Gasteiger partial charge in [-0.3, -0.25) is 0 Å². The minimum absolute atomic E-state index is 0.0781. The van der Waals surface area contributed by atoms with Crippen molar-refractivity contribution in [2.24, 2.45) is 5.73 Å². The first-order valence-electron chi connectivity index (χ1n) is 3.53. The van der Waals surface area contributed by atoms with Gasteiger partial charge >= 0.3 is 5.97 Å². The molecule has 0 aromatic carbocycles. The van der Waals surface area contributed by atoms with E-state index in [0.717, 1.165) is 6.26 Å². The average Bonchev–Trinajstić information content (AvgIpc) is 2.34. The van der Waals surface area contributed by atoms with Crippen LogP contribution in [0.2, 0.25) is 0 Å². The van der Waals surface area contributed by atoms with Crippen molar-refractivity contribution in [3.05, 3.63) is 17.8 Å². The fourth-order valence-corrected chi connectivity index (χ4v) is 0.778. The third kappa shape index (κ3) is 2.06. The van der Waals surface area contributed by atoms with Gasteiger partial charge in [0.2, 0.25) is 0 Å². The largest absolute Gasteiger partial charge is 0.476 e. The molecule has 66 valence electrons. The standard InChI is InChI=1S/C7H10N2O3/c1-4(8)2-6-9-5(3-12-6)7(10)11/h3-4H,2,8H2,1H3,(H,10,11). The Hall–Kier alpha value is -1.36. The zero-order valence-electron chi connectivity index (χ0n) is 6.65. The van der Waals surface area contributed by atoms with Crippen molar-refractivity contribution in [1.29, 1.82) is 0 Å². The quantitative estimate of drug-likeness (QED) is 0.679. The highest BCUT2D eigenvalue weighted by atomic mass is 16.4. The average molecular weight is 170 g/mol. The molecule has 0 radical (unpaired) electrons. The molecule has 1 aromatic rings. The highest BCUT2D eigenvalue weighted by molar-refractivity contribution is 5.84. The van der Waals surface area contributed by atoms with Gasteiger partial charge in [-0.2, -0.15) is 0 Å². The van der Waals surface area contributed by atoms with Crippen LogP contribution in [0.15, 0.2) is 10.7 Å². The van der Waals surface area contributed by atoms with E-state index >= 15 is 0 Å². The SMILES string of the molecule is CC(N)Cc1nc(C(=O)O)co1. The zero-order chi connectivity index (χ0) is 9.14. The summed E-state index contributed by atoms with van der Waals surface area (Å²) in [6.45, 7) is 1.80. The number of nitrogens with two attached hydrogens (primary N) is 1. The van der Waals surface area contributed by atoms with Crippen LogP contribution >= 0.6 is 0 Å². The fraction of sp³-hybridized carbons (Fsp3) is 0.429. The summed E-state index contributed by atoms with van der Waals surface area (Å²) in [5, 5.41) is 8.48. The van der Waals surface area contributed by atoms with E-state index in [9.17, 15) is 4.79 Å². The third-order valence-electron chi connectivity index (χ3n) is 1.27. The van der Waals surface area contributed by atoms with Crippen molar-refractivity contribution in [3.8, 4) is 0 Å². The molecule has 1 unspecified atom stereocenters. The molecular weight excluding hydrogens is 160 g/mol. The monoisotopic (exact) mass is 170 g/mol. The molecule has 3 N–H and O–H groups in total. The van der Waals surface area contributed by atoms with Crippen molar-refractivity contribution in [1.82, 2.24) is 4.98 Å². The van der Waals surface area contributed by atoms with Crippen LogP contribution in [0.5, 0.6) is 0 Å². The van der Waals surface area contributed by atoms with Crippen molar-refractivity contribution in [2.45, 2.75) is 19.4 Å². The number of nitrogens with zero attached hydrogens (tertiary/aromatic N) is 1. The molecule has 5 nitrogen and oxygen atoms in total. The Labute approximate surface area is 69.2 Å². The van der Waals surface area contributed by atoms with Crippen LogP contribution in [0, 0.1) is 0 Å². The lowest BCUT2D eigenvalue weighted by atomic mass is 10.2. The Kier molecular flexibility index (Phi) is 2.44. The van der Waals surface area contributed by atoms with Gasteiger partial charge in [0.25, 0.3) is 0 Å². The number of carbonyl (C=O) groups is 1. The summed E-state index contributed by atoms with van der Waals surface area (Å²) in [6, 6.07) is -0.0784. The molecule has 0 amide bonds. The first-order chi connectivity index (χ1) is 5.59. The molecule has 0 fully saturated rings. The number of carboxylic acid groups (broad SMARTS) is 1. The number of oxazole rings is 1. The number of aromatic nitrogens is 1. The minimum atomic E-state index is -1.09. The smallest absolute Gasteiger partial charge is 0.357 e.